The van der Waals surface area contributed by atoms with Crippen LogP contribution >= 0.6 is 11.3 Å². The fourth-order valence-corrected chi connectivity index (χ4v) is 7.83. The molecule has 0 radical (unpaired) electrons. The topological polar surface area (TPSA) is 119 Å². The quantitative estimate of drug-likeness (QED) is 0.0981. The first kappa shape index (κ1) is 39.4. The van der Waals surface area contributed by atoms with Crippen LogP contribution in [0.2, 0.25) is 0 Å². The molecule has 57 heavy (non-hydrogen) atoms. The van der Waals surface area contributed by atoms with Gasteiger partial charge in [0, 0.05) is 62.9 Å². The number of carbonyl (C=O) groups is 1. The maximum Gasteiger partial charge on any atom is 0.244 e. The number of aromatic nitrogens is 3. The van der Waals surface area contributed by atoms with Crippen LogP contribution < -0.4 is 33.2 Å². The molecule has 0 amide bonds. The molecule has 4 aromatic carbocycles. The van der Waals surface area contributed by atoms with E-state index < -0.39 is 0 Å². The van der Waals surface area contributed by atoms with Crippen LogP contribution in [0.4, 0.5) is 0 Å². The Labute approximate surface area is 336 Å². The van der Waals surface area contributed by atoms with Crippen molar-refractivity contribution in [2.45, 2.75) is 6.92 Å². The number of fused-ring (bicyclic) bond motifs is 1. The average Bonchev–Trinajstić information content (AvgIpc) is 3.90. The van der Waals surface area contributed by atoms with Gasteiger partial charge in [-0.3, -0.25) is 14.6 Å². The second kappa shape index (κ2) is 18.0. The van der Waals surface area contributed by atoms with E-state index in [4.69, 9.17) is 38.1 Å². The van der Waals surface area contributed by atoms with Gasteiger partial charge in [-0.1, -0.05) is 12.1 Å². The Morgan fingerprint density at radius 2 is 1.18 bits per heavy atom. The SMILES string of the molecule is COc1ccc(-c2nc3ccccc3s2)cc1OCCN1CCN(CCOc2cc(-c3cc(-c4cc(OC)c(OC)c(OC)c4)nn3C(C)=O)ccc2OC)CC1. The summed E-state index contributed by atoms with van der Waals surface area (Å²) in [6.07, 6.45) is 0. The monoisotopic (exact) mass is 793 g/mol. The number of hydrogen-bond donors (Lipinski definition) is 0. The number of hydrogen-bond acceptors (Lipinski definition) is 13. The highest BCUT2D eigenvalue weighted by Gasteiger charge is 2.21. The maximum atomic E-state index is 12.8. The third-order valence-corrected chi connectivity index (χ3v) is 11.0. The lowest BCUT2D eigenvalue weighted by Gasteiger charge is -2.34. The molecule has 1 aliphatic heterocycles. The molecule has 2 aromatic heterocycles. The van der Waals surface area contributed by atoms with Crippen molar-refractivity contribution in [1.82, 2.24) is 24.6 Å². The minimum atomic E-state index is -0.234. The molecule has 14 heteroatoms. The van der Waals surface area contributed by atoms with Crippen molar-refractivity contribution in [3.63, 3.8) is 0 Å². The van der Waals surface area contributed by atoms with Crippen molar-refractivity contribution < 1.29 is 38.0 Å². The molecule has 0 bridgehead atoms. The zero-order chi connectivity index (χ0) is 39.9. The van der Waals surface area contributed by atoms with Gasteiger partial charge in [-0.25, -0.2) is 4.98 Å². The normalized spacial score (nSPS) is 13.4. The van der Waals surface area contributed by atoms with Gasteiger partial charge in [-0.15, -0.1) is 11.3 Å². The van der Waals surface area contributed by atoms with Crippen LogP contribution in [0.5, 0.6) is 40.2 Å². The lowest BCUT2D eigenvalue weighted by atomic mass is 10.1. The number of nitrogens with zero attached hydrogens (tertiary/aromatic N) is 5. The Hall–Kier alpha value is -5.83. The summed E-state index contributed by atoms with van der Waals surface area (Å²) in [7, 11) is 7.94. The number of para-hydroxylation sites is 1. The lowest BCUT2D eigenvalue weighted by molar-refractivity contribution is 0.0923. The molecule has 1 aliphatic rings. The molecule has 1 fully saturated rings. The largest absolute Gasteiger partial charge is 0.493 e. The Morgan fingerprint density at radius 3 is 1.72 bits per heavy atom. The highest BCUT2D eigenvalue weighted by molar-refractivity contribution is 7.21. The van der Waals surface area contributed by atoms with Crippen molar-refractivity contribution in [3.8, 4) is 73.3 Å². The number of benzene rings is 4. The Kier molecular flexibility index (Phi) is 12.4. The van der Waals surface area contributed by atoms with Crippen molar-refractivity contribution >= 4 is 27.5 Å². The third kappa shape index (κ3) is 8.78. The number of carbonyl (C=O) groups excluding carboxylic acids is 1. The summed E-state index contributed by atoms with van der Waals surface area (Å²) >= 11 is 1.67. The van der Waals surface area contributed by atoms with E-state index in [2.05, 4.69) is 21.0 Å². The highest BCUT2D eigenvalue weighted by Crippen LogP contribution is 2.42. The van der Waals surface area contributed by atoms with Crippen molar-refractivity contribution in [1.29, 1.82) is 0 Å². The van der Waals surface area contributed by atoms with Crippen LogP contribution in [-0.2, 0) is 0 Å². The third-order valence-electron chi connectivity index (χ3n) is 9.93. The van der Waals surface area contributed by atoms with E-state index in [9.17, 15) is 4.79 Å². The van der Waals surface area contributed by atoms with Gasteiger partial charge in [0.2, 0.25) is 11.7 Å². The average molecular weight is 794 g/mol. The number of ether oxygens (including phenoxy) is 7. The minimum absolute atomic E-state index is 0.234. The van der Waals surface area contributed by atoms with E-state index in [1.165, 1.54) is 11.6 Å². The number of piperazine rings is 1. The molecule has 13 nitrogen and oxygen atoms in total. The fraction of sp³-hybridized carbons (Fsp3) is 0.326. The van der Waals surface area contributed by atoms with E-state index in [1.54, 1.807) is 59.0 Å². The van der Waals surface area contributed by atoms with Crippen molar-refractivity contribution in [2.75, 3.05) is 88.0 Å². The van der Waals surface area contributed by atoms with Crippen LogP contribution in [0.1, 0.15) is 11.7 Å². The van der Waals surface area contributed by atoms with E-state index in [-0.39, 0.29) is 5.91 Å². The zero-order valence-corrected chi connectivity index (χ0v) is 33.9. The van der Waals surface area contributed by atoms with E-state index in [0.29, 0.717) is 70.4 Å². The Morgan fingerprint density at radius 1 is 0.632 bits per heavy atom. The molecule has 6 aromatic rings. The van der Waals surface area contributed by atoms with Crippen molar-refractivity contribution in [2.24, 2.45) is 0 Å². The highest BCUT2D eigenvalue weighted by atomic mass is 32.1. The molecule has 0 saturated carbocycles. The summed E-state index contributed by atoms with van der Waals surface area (Å²) in [5.41, 5.74) is 4.64. The Bertz CT molecular complexity index is 2280. The lowest BCUT2D eigenvalue weighted by Crippen LogP contribution is -2.48. The molecule has 0 aliphatic carbocycles. The number of methoxy groups -OCH3 is 5. The van der Waals surface area contributed by atoms with Gasteiger partial charge in [0.1, 0.15) is 18.2 Å². The summed E-state index contributed by atoms with van der Waals surface area (Å²) in [5.74, 6) is 3.82. The van der Waals surface area contributed by atoms with Crippen LogP contribution in [-0.4, -0.2) is 119 Å². The van der Waals surface area contributed by atoms with Gasteiger partial charge in [-0.05, 0) is 66.7 Å². The minimum Gasteiger partial charge on any atom is -0.493 e. The summed E-state index contributed by atoms with van der Waals surface area (Å²) in [4.78, 5) is 22.4. The van der Waals surface area contributed by atoms with E-state index >= 15 is 0 Å². The molecule has 0 spiro atoms. The zero-order valence-electron chi connectivity index (χ0n) is 33.1. The summed E-state index contributed by atoms with van der Waals surface area (Å²) < 4.78 is 42.9. The van der Waals surface area contributed by atoms with Gasteiger partial charge >= 0.3 is 0 Å². The van der Waals surface area contributed by atoms with Gasteiger partial charge in [0.15, 0.2) is 34.5 Å². The first-order valence-electron chi connectivity index (χ1n) is 18.7. The second-order valence-electron chi connectivity index (χ2n) is 13.4. The van der Waals surface area contributed by atoms with Gasteiger partial charge in [0.05, 0.1) is 57.2 Å². The summed E-state index contributed by atoms with van der Waals surface area (Å²) in [6.45, 7) is 7.73. The van der Waals surface area contributed by atoms with Crippen LogP contribution in [0.15, 0.2) is 78.9 Å². The molecule has 0 atom stereocenters. The van der Waals surface area contributed by atoms with E-state index in [1.807, 2.05) is 60.7 Å². The summed E-state index contributed by atoms with van der Waals surface area (Å²) in [5, 5.41) is 5.60. The second-order valence-corrected chi connectivity index (χ2v) is 14.4. The maximum absolute atomic E-state index is 12.8. The predicted molar refractivity (Wildman–Crippen MR) is 221 cm³/mol. The number of thiazole rings is 1. The van der Waals surface area contributed by atoms with E-state index in [0.717, 1.165) is 65.6 Å². The number of rotatable bonds is 16. The summed E-state index contributed by atoms with van der Waals surface area (Å²) in [6, 6.07) is 25.2. The molecular formula is C43H47N5O8S. The standard InChI is InChI=1S/C43H47N5O8S/c1-28(49)48-34(27-33(45-48)31-25-39(52-4)42(54-6)40(26-31)53-5)29-11-13-35(50-2)37(23-29)55-21-19-46-15-17-47(18-16-46)20-22-56-38-24-30(12-14-36(38)51-3)43-44-32-9-7-8-10-41(32)57-43/h7-14,23-27H,15-22H2,1-6H3. The van der Waals surface area contributed by atoms with Gasteiger partial charge in [0.25, 0.3) is 0 Å². The van der Waals surface area contributed by atoms with Crippen molar-refractivity contribution in [3.05, 3.63) is 78.9 Å². The van der Waals surface area contributed by atoms with Gasteiger partial charge < -0.3 is 33.2 Å². The fourth-order valence-electron chi connectivity index (χ4n) is 6.87. The first-order chi connectivity index (χ1) is 27.8. The van der Waals surface area contributed by atoms with Crippen LogP contribution in [0.25, 0.3) is 43.3 Å². The Balaban J connectivity index is 0.941. The van der Waals surface area contributed by atoms with Crippen LogP contribution in [0.3, 0.4) is 0 Å². The van der Waals surface area contributed by atoms with Crippen LogP contribution in [0, 0.1) is 0 Å². The first-order valence-corrected chi connectivity index (χ1v) is 19.5. The molecular weight excluding hydrogens is 747 g/mol. The molecule has 1 saturated heterocycles. The molecule has 0 unspecified atom stereocenters. The molecule has 7 rings (SSSR count). The predicted octanol–water partition coefficient (Wildman–Crippen LogP) is 7.27. The van der Waals surface area contributed by atoms with Gasteiger partial charge in [-0.2, -0.15) is 9.78 Å². The molecule has 0 N–H and O–H groups in total. The smallest absolute Gasteiger partial charge is 0.244 e. The molecule has 298 valence electrons. The molecule has 3 heterocycles.